The van der Waals surface area contributed by atoms with E-state index in [1.54, 1.807) is 0 Å². The van der Waals surface area contributed by atoms with E-state index in [-0.39, 0.29) is 0 Å². The molecule has 0 fully saturated rings. The molecular formula is C10H22O. The minimum Gasteiger partial charge on any atom is -0.381 e. The van der Waals surface area contributed by atoms with Crippen molar-refractivity contribution in [1.29, 1.82) is 0 Å². The second-order valence-electron chi connectivity index (χ2n) is 3.79. The summed E-state index contributed by atoms with van der Waals surface area (Å²) in [5.41, 5.74) is 0. The van der Waals surface area contributed by atoms with E-state index in [0.717, 1.165) is 5.92 Å². The molecule has 2 unspecified atom stereocenters. The fourth-order valence-corrected chi connectivity index (χ4v) is 1.29. The predicted molar refractivity (Wildman–Crippen MR) is 49.7 cm³/mol. The lowest BCUT2D eigenvalue weighted by Crippen LogP contribution is -2.21. The molecule has 1 heteroatoms. The van der Waals surface area contributed by atoms with Crippen molar-refractivity contribution in [3.05, 3.63) is 0 Å². The van der Waals surface area contributed by atoms with E-state index in [1.165, 1.54) is 12.8 Å². The number of ether oxygens (including phenoxy) is 1. The Hall–Kier alpha value is -0.0400. The van der Waals surface area contributed by atoms with Gasteiger partial charge in [-0.25, -0.2) is 0 Å². The summed E-state index contributed by atoms with van der Waals surface area (Å²) in [5.74, 6) is 1.44. The fourth-order valence-electron chi connectivity index (χ4n) is 1.29. The molecule has 0 heterocycles. The van der Waals surface area contributed by atoms with Crippen LogP contribution in [0.5, 0.6) is 0 Å². The lowest BCUT2D eigenvalue weighted by Gasteiger charge is -2.22. The van der Waals surface area contributed by atoms with Crippen molar-refractivity contribution >= 4 is 0 Å². The van der Waals surface area contributed by atoms with Crippen molar-refractivity contribution in [2.24, 2.45) is 11.8 Å². The van der Waals surface area contributed by atoms with Crippen LogP contribution in [0.2, 0.25) is 0 Å². The zero-order valence-corrected chi connectivity index (χ0v) is 8.55. The number of hydrogen-bond acceptors (Lipinski definition) is 1. The van der Waals surface area contributed by atoms with Crippen LogP contribution in [0.4, 0.5) is 0 Å². The molecule has 0 aromatic rings. The van der Waals surface area contributed by atoms with Crippen molar-refractivity contribution in [2.45, 2.75) is 46.6 Å². The molecule has 0 aromatic carbocycles. The Morgan fingerprint density at radius 2 is 1.73 bits per heavy atom. The smallest absolute Gasteiger partial charge is 0.0599 e. The minimum absolute atomic E-state index is 0.458. The van der Waals surface area contributed by atoms with E-state index in [9.17, 15) is 0 Å². The summed E-state index contributed by atoms with van der Waals surface area (Å²) in [4.78, 5) is 0. The summed E-state index contributed by atoms with van der Waals surface area (Å²) >= 11 is 0. The van der Waals surface area contributed by atoms with E-state index >= 15 is 0 Å². The van der Waals surface area contributed by atoms with Gasteiger partial charge >= 0.3 is 0 Å². The molecule has 0 N–H and O–H groups in total. The van der Waals surface area contributed by atoms with Gasteiger partial charge in [0.05, 0.1) is 6.10 Å². The summed E-state index contributed by atoms with van der Waals surface area (Å²) in [6.45, 7) is 8.97. The zero-order chi connectivity index (χ0) is 8.85. The molecule has 0 saturated heterocycles. The Kier molecular flexibility index (Phi) is 5.57. The second-order valence-corrected chi connectivity index (χ2v) is 3.79. The van der Waals surface area contributed by atoms with E-state index in [2.05, 4.69) is 27.7 Å². The topological polar surface area (TPSA) is 9.23 Å². The van der Waals surface area contributed by atoms with Crippen LogP contribution in [0.25, 0.3) is 0 Å². The largest absolute Gasteiger partial charge is 0.381 e. The molecular weight excluding hydrogens is 136 g/mol. The summed E-state index contributed by atoms with van der Waals surface area (Å²) in [6, 6.07) is 0. The van der Waals surface area contributed by atoms with E-state index in [1.807, 2.05) is 7.11 Å². The molecule has 0 aliphatic rings. The summed E-state index contributed by atoms with van der Waals surface area (Å²) in [5, 5.41) is 0. The lowest BCUT2D eigenvalue weighted by atomic mass is 9.94. The molecule has 68 valence electrons. The normalized spacial score (nSPS) is 16.9. The predicted octanol–water partition coefficient (Wildman–Crippen LogP) is 3.09. The van der Waals surface area contributed by atoms with Crippen molar-refractivity contribution in [3.63, 3.8) is 0 Å². The van der Waals surface area contributed by atoms with Crippen LogP contribution in [0.3, 0.4) is 0 Å². The highest BCUT2D eigenvalue weighted by atomic mass is 16.5. The maximum absolute atomic E-state index is 5.41. The van der Waals surface area contributed by atoms with Crippen LogP contribution in [0.1, 0.15) is 40.5 Å². The van der Waals surface area contributed by atoms with Crippen molar-refractivity contribution in [2.75, 3.05) is 7.11 Å². The Morgan fingerprint density at radius 1 is 1.18 bits per heavy atom. The maximum Gasteiger partial charge on any atom is 0.0599 e. The monoisotopic (exact) mass is 158 g/mol. The van der Waals surface area contributed by atoms with Crippen LogP contribution < -0.4 is 0 Å². The van der Waals surface area contributed by atoms with Gasteiger partial charge in [-0.15, -0.1) is 0 Å². The highest BCUT2D eigenvalue weighted by Gasteiger charge is 2.15. The third-order valence-corrected chi connectivity index (χ3v) is 2.29. The van der Waals surface area contributed by atoms with Gasteiger partial charge in [0.1, 0.15) is 0 Å². The van der Waals surface area contributed by atoms with Gasteiger partial charge in [0, 0.05) is 7.11 Å². The molecule has 0 rings (SSSR count). The highest BCUT2D eigenvalue weighted by molar-refractivity contribution is 4.66. The van der Waals surface area contributed by atoms with Gasteiger partial charge in [0.25, 0.3) is 0 Å². The highest BCUT2D eigenvalue weighted by Crippen LogP contribution is 2.18. The van der Waals surface area contributed by atoms with E-state index in [4.69, 9.17) is 4.74 Å². The molecule has 0 aliphatic carbocycles. The van der Waals surface area contributed by atoms with Gasteiger partial charge in [-0.05, 0) is 18.3 Å². The molecule has 1 nitrogen and oxygen atoms in total. The standard InChI is InChI=1S/C10H22O/c1-6-9(4)10(11-5)7-8(2)3/h8-10H,6-7H2,1-5H3. The second kappa shape index (κ2) is 5.59. The van der Waals surface area contributed by atoms with Crippen LogP contribution >= 0.6 is 0 Å². The quantitative estimate of drug-likeness (QED) is 0.597. The minimum atomic E-state index is 0.458. The van der Waals surface area contributed by atoms with Crippen molar-refractivity contribution in [1.82, 2.24) is 0 Å². The maximum atomic E-state index is 5.41. The molecule has 0 spiro atoms. The van der Waals surface area contributed by atoms with Crippen LogP contribution in [0, 0.1) is 11.8 Å². The molecule has 0 saturated carbocycles. The van der Waals surface area contributed by atoms with Crippen LogP contribution in [-0.2, 0) is 4.74 Å². The zero-order valence-electron chi connectivity index (χ0n) is 8.55. The Labute approximate surface area is 71.1 Å². The van der Waals surface area contributed by atoms with Gasteiger partial charge in [-0.1, -0.05) is 34.1 Å². The number of hydrogen-bond donors (Lipinski definition) is 0. The third kappa shape index (κ3) is 4.41. The Balaban J connectivity index is 3.74. The van der Waals surface area contributed by atoms with Crippen molar-refractivity contribution < 1.29 is 4.74 Å². The summed E-state index contributed by atoms with van der Waals surface area (Å²) in [7, 11) is 1.82. The Bertz CT molecular complexity index is 88.9. The fraction of sp³-hybridized carbons (Fsp3) is 1.00. The molecule has 0 amide bonds. The molecule has 2 atom stereocenters. The SMILES string of the molecule is CCC(C)C(CC(C)C)OC. The Morgan fingerprint density at radius 3 is 2.00 bits per heavy atom. The summed E-state index contributed by atoms with van der Waals surface area (Å²) < 4.78 is 5.41. The first-order valence-corrected chi connectivity index (χ1v) is 4.64. The number of methoxy groups -OCH3 is 1. The van der Waals surface area contributed by atoms with Crippen LogP contribution in [0.15, 0.2) is 0 Å². The van der Waals surface area contributed by atoms with E-state index in [0.29, 0.717) is 12.0 Å². The number of rotatable bonds is 5. The molecule has 11 heavy (non-hydrogen) atoms. The first-order chi connectivity index (χ1) is 5.11. The summed E-state index contributed by atoms with van der Waals surface area (Å²) in [6.07, 6.45) is 2.86. The van der Waals surface area contributed by atoms with Crippen LogP contribution in [-0.4, -0.2) is 13.2 Å². The van der Waals surface area contributed by atoms with Gasteiger partial charge < -0.3 is 4.74 Å². The first kappa shape index (κ1) is 11.0. The van der Waals surface area contributed by atoms with Gasteiger partial charge in [-0.3, -0.25) is 0 Å². The molecule has 0 aliphatic heterocycles. The average Bonchev–Trinajstić information content (AvgIpc) is 1.98. The van der Waals surface area contributed by atoms with Gasteiger partial charge in [0.15, 0.2) is 0 Å². The van der Waals surface area contributed by atoms with Gasteiger partial charge in [-0.2, -0.15) is 0 Å². The van der Waals surface area contributed by atoms with E-state index < -0.39 is 0 Å². The molecule has 0 radical (unpaired) electrons. The third-order valence-electron chi connectivity index (χ3n) is 2.29. The molecule has 0 aromatic heterocycles. The molecule has 0 bridgehead atoms. The first-order valence-electron chi connectivity index (χ1n) is 4.64. The average molecular weight is 158 g/mol. The lowest BCUT2D eigenvalue weighted by molar-refractivity contribution is 0.0409. The van der Waals surface area contributed by atoms with Crippen molar-refractivity contribution in [3.8, 4) is 0 Å². The van der Waals surface area contributed by atoms with Gasteiger partial charge in [0.2, 0.25) is 0 Å².